The molecule has 0 saturated heterocycles. The van der Waals surface area contributed by atoms with Crippen molar-refractivity contribution < 1.29 is 14.3 Å². The van der Waals surface area contributed by atoms with Gasteiger partial charge in [0.15, 0.2) is 0 Å². The maximum atomic E-state index is 12.9. The van der Waals surface area contributed by atoms with Crippen LogP contribution in [0.2, 0.25) is 0 Å². The topological polar surface area (TPSA) is 81.5 Å². The number of carbonyl (C=O) groups is 2. The van der Waals surface area contributed by atoms with E-state index in [9.17, 15) is 14.4 Å². The number of aryl methyl sites for hydroxylation is 1. The molecular weight excluding hydrogens is 390 g/mol. The molecule has 0 bridgehead atoms. The largest absolute Gasteiger partial charge is 0.459 e. The summed E-state index contributed by atoms with van der Waals surface area (Å²) in [6.45, 7) is 5.57. The number of benzene rings is 1. The van der Waals surface area contributed by atoms with E-state index in [4.69, 9.17) is 4.74 Å². The molecule has 0 unspecified atom stereocenters. The first-order valence-corrected chi connectivity index (χ1v) is 10.1. The minimum Gasteiger partial charge on any atom is -0.459 e. The van der Waals surface area contributed by atoms with Crippen LogP contribution in [0.3, 0.4) is 0 Å². The highest BCUT2D eigenvalue weighted by Gasteiger charge is 2.22. The molecule has 3 aromatic rings. The zero-order valence-electron chi connectivity index (χ0n) is 16.8. The maximum Gasteiger partial charge on any atom is 0.348 e. The molecule has 29 heavy (non-hydrogen) atoms. The molecular formula is C21H23N3O4S. The molecule has 0 atom stereocenters. The van der Waals surface area contributed by atoms with Crippen LogP contribution in [0, 0.1) is 6.92 Å². The highest BCUT2D eigenvalue weighted by Crippen LogP contribution is 2.27. The Morgan fingerprint density at radius 2 is 1.93 bits per heavy atom. The number of hydrogen-bond acceptors (Lipinski definition) is 6. The molecule has 8 heteroatoms. The molecule has 0 N–H and O–H groups in total. The normalized spacial score (nSPS) is 11.1. The molecule has 0 saturated carbocycles. The molecule has 3 rings (SSSR count). The van der Waals surface area contributed by atoms with Gasteiger partial charge in [0.1, 0.15) is 16.3 Å². The molecule has 0 fully saturated rings. The quantitative estimate of drug-likeness (QED) is 0.580. The van der Waals surface area contributed by atoms with E-state index in [1.807, 2.05) is 30.3 Å². The van der Waals surface area contributed by atoms with Crippen LogP contribution in [0.5, 0.6) is 0 Å². The fraction of sp³-hybridized carbons (Fsp3) is 0.333. The first-order chi connectivity index (χ1) is 13.8. The van der Waals surface area contributed by atoms with E-state index >= 15 is 0 Å². The predicted molar refractivity (Wildman–Crippen MR) is 112 cm³/mol. The van der Waals surface area contributed by atoms with Gasteiger partial charge < -0.3 is 9.64 Å². The van der Waals surface area contributed by atoms with Crippen molar-refractivity contribution in [2.75, 3.05) is 7.05 Å². The van der Waals surface area contributed by atoms with Crippen molar-refractivity contribution in [3.63, 3.8) is 0 Å². The number of thiophene rings is 1. The van der Waals surface area contributed by atoms with E-state index in [0.29, 0.717) is 27.2 Å². The first-order valence-electron chi connectivity index (χ1n) is 9.25. The van der Waals surface area contributed by atoms with Crippen LogP contribution in [0.1, 0.15) is 34.6 Å². The van der Waals surface area contributed by atoms with Crippen LogP contribution in [0.4, 0.5) is 0 Å². The lowest BCUT2D eigenvalue weighted by atomic mass is 10.2. The van der Waals surface area contributed by atoms with E-state index in [2.05, 4.69) is 4.98 Å². The van der Waals surface area contributed by atoms with Crippen molar-refractivity contribution >= 4 is 33.4 Å². The minimum atomic E-state index is -0.467. The Kier molecular flexibility index (Phi) is 6.12. The zero-order valence-corrected chi connectivity index (χ0v) is 17.7. The SMILES string of the molecule is Cc1c(C(=O)OC(C)C)sc2ncn(CC(=O)N(C)Cc3ccccc3)c(=O)c12. The number of amides is 1. The van der Waals surface area contributed by atoms with Gasteiger partial charge in [0.25, 0.3) is 5.56 Å². The lowest BCUT2D eigenvalue weighted by molar-refractivity contribution is -0.131. The third-order valence-electron chi connectivity index (χ3n) is 4.44. The van der Waals surface area contributed by atoms with E-state index in [1.165, 1.54) is 10.9 Å². The van der Waals surface area contributed by atoms with E-state index in [0.717, 1.165) is 16.9 Å². The Morgan fingerprint density at radius 3 is 2.59 bits per heavy atom. The van der Waals surface area contributed by atoms with Crippen molar-refractivity contribution in [2.24, 2.45) is 0 Å². The molecule has 7 nitrogen and oxygen atoms in total. The van der Waals surface area contributed by atoms with Crippen molar-refractivity contribution in [3.05, 3.63) is 63.0 Å². The highest BCUT2D eigenvalue weighted by molar-refractivity contribution is 7.20. The van der Waals surface area contributed by atoms with Crippen molar-refractivity contribution in [1.29, 1.82) is 0 Å². The molecule has 1 aromatic carbocycles. The van der Waals surface area contributed by atoms with Crippen LogP contribution < -0.4 is 5.56 Å². The van der Waals surface area contributed by atoms with Gasteiger partial charge in [-0.05, 0) is 31.9 Å². The molecule has 0 aliphatic heterocycles. The zero-order chi connectivity index (χ0) is 21.1. The number of aromatic nitrogens is 2. The maximum absolute atomic E-state index is 12.9. The van der Waals surface area contributed by atoms with Crippen LogP contribution in [-0.4, -0.2) is 39.5 Å². The van der Waals surface area contributed by atoms with Crippen molar-refractivity contribution in [3.8, 4) is 0 Å². The summed E-state index contributed by atoms with van der Waals surface area (Å²) in [5.41, 5.74) is 1.20. The molecule has 0 aliphatic rings. The summed E-state index contributed by atoms with van der Waals surface area (Å²) >= 11 is 1.13. The Hall–Kier alpha value is -3.00. The van der Waals surface area contributed by atoms with Crippen molar-refractivity contribution in [1.82, 2.24) is 14.5 Å². The van der Waals surface area contributed by atoms with E-state index in [-0.39, 0.29) is 24.1 Å². The minimum absolute atomic E-state index is 0.119. The fourth-order valence-corrected chi connectivity index (χ4v) is 3.97. The number of likely N-dealkylation sites (N-methyl/N-ethyl adjacent to an activating group) is 1. The van der Waals surface area contributed by atoms with Crippen LogP contribution in [0.15, 0.2) is 41.5 Å². The van der Waals surface area contributed by atoms with Gasteiger partial charge in [0.2, 0.25) is 5.91 Å². The number of rotatable bonds is 6. The molecule has 2 aromatic heterocycles. The standard InChI is InChI=1S/C21H23N3O4S/c1-13(2)28-21(27)18-14(3)17-19(29-18)22-12-24(20(17)26)11-16(25)23(4)10-15-8-6-5-7-9-15/h5-9,12-13H,10-11H2,1-4H3. The first kappa shape index (κ1) is 20.7. The molecule has 2 heterocycles. The van der Waals surface area contributed by atoms with Crippen LogP contribution >= 0.6 is 11.3 Å². The number of nitrogens with zero attached hydrogens (tertiary/aromatic N) is 3. The summed E-state index contributed by atoms with van der Waals surface area (Å²) in [5, 5.41) is 0.353. The fourth-order valence-electron chi connectivity index (χ4n) is 2.95. The number of carbonyl (C=O) groups excluding carboxylic acids is 2. The lowest BCUT2D eigenvalue weighted by Crippen LogP contribution is -2.33. The average molecular weight is 413 g/mol. The van der Waals surface area contributed by atoms with E-state index in [1.54, 1.807) is 32.7 Å². The molecule has 0 radical (unpaired) electrons. The Morgan fingerprint density at radius 1 is 1.24 bits per heavy atom. The summed E-state index contributed by atoms with van der Waals surface area (Å²) < 4.78 is 6.52. The summed E-state index contributed by atoms with van der Waals surface area (Å²) in [5.74, 6) is -0.672. The second kappa shape index (κ2) is 8.57. The van der Waals surface area contributed by atoms with Crippen LogP contribution in [-0.2, 0) is 22.6 Å². The number of ether oxygens (including phenoxy) is 1. The third kappa shape index (κ3) is 4.54. The predicted octanol–water partition coefficient (Wildman–Crippen LogP) is 2.99. The number of hydrogen-bond donors (Lipinski definition) is 0. The van der Waals surface area contributed by atoms with E-state index < -0.39 is 5.97 Å². The second-order valence-electron chi connectivity index (χ2n) is 7.10. The molecule has 0 spiro atoms. The van der Waals surface area contributed by atoms with Crippen LogP contribution in [0.25, 0.3) is 10.2 Å². The van der Waals surface area contributed by atoms with Crippen molar-refractivity contribution in [2.45, 2.75) is 40.0 Å². The monoisotopic (exact) mass is 413 g/mol. The molecule has 0 aliphatic carbocycles. The van der Waals surface area contributed by atoms with Gasteiger partial charge in [-0.15, -0.1) is 11.3 Å². The summed E-state index contributed by atoms with van der Waals surface area (Å²) in [6.07, 6.45) is 1.10. The smallest absolute Gasteiger partial charge is 0.348 e. The summed E-state index contributed by atoms with van der Waals surface area (Å²) in [4.78, 5) is 44.5. The van der Waals surface area contributed by atoms with Gasteiger partial charge in [-0.25, -0.2) is 9.78 Å². The van der Waals surface area contributed by atoms with Gasteiger partial charge in [-0.2, -0.15) is 0 Å². The Balaban J connectivity index is 1.84. The summed E-state index contributed by atoms with van der Waals surface area (Å²) in [6, 6.07) is 9.63. The Bertz CT molecular complexity index is 1100. The van der Waals surface area contributed by atoms with Gasteiger partial charge >= 0.3 is 5.97 Å². The number of fused-ring (bicyclic) bond motifs is 1. The molecule has 152 valence electrons. The summed E-state index contributed by atoms with van der Waals surface area (Å²) in [7, 11) is 1.70. The van der Waals surface area contributed by atoms with Gasteiger partial charge in [0.05, 0.1) is 17.8 Å². The Labute approximate surface area is 172 Å². The van der Waals surface area contributed by atoms with Gasteiger partial charge in [-0.3, -0.25) is 14.2 Å². The average Bonchev–Trinajstić information content (AvgIpc) is 3.01. The highest BCUT2D eigenvalue weighted by atomic mass is 32.1. The van der Waals surface area contributed by atoms with Gasteiger partial charge in [0, 0.05) is 13.6 Å². The molecule has 1 amide bonds. The van der Waals surface area contributed by atoms with Gasteiger partial charge in [-0.1, -0.05) is 30.3 Å². The number of esters is 1. The lowest BCUT2D eigenvalue weighted by Gasteiger charge is -2.17. The third-order valence-corrected chi connectivity index (χ3v) is 5.62. The second-order valence-corrected chi connectivity index (χ2v) is 8.10.